The minimum absolute atomic E-state index is 0.0203. The maximum Gasteiger partial charge on any atom is 0.224 e. The number of carbonyl (C=O) groups is 1. The predicted octanol–water partition coefficient (Wildman–Crippen LogP) is 2.84. The number of amides is 1. The van der Waals surface area contributed by atoms with Crippen molar-refractivity contribution in [1.82, 2.24) is 0 Å². The maximum atomic E-state index is 11.8. The Morgan fingerprint density at radius 3 is 2.30 bits per heavy atom. The molecule has 1 unspecified atom stereocenters. The number of nitrogens with two attached hydrogens (primary N) is 1. The number of carbonyl (C=O) groups excluding carboxylic acids is 1. The van der Waals surface area contributed by atoms with Crippen LogP contribution in [0.2, 0.25) is 0 Å². The third-order valence-electron chi connectivity index (χ3n) is 3.38. The Balaban J connectivity index is 2.65. The van der Waals surface area contributed by atoms with Crippen molar-refractivity contribution in [3.8, 4) is 0 Å². The molecule has 3 N–H and O–H groups in total. The van der Waals surface area contributed by atoms with E-state index in [0.717, 1.165) is 12.2 Å². The van der Waals surface area contributed by atoms with Crippen molar-refractivity contribution in [1.29, 1.82) is 0 Å². The molecule has 0 saturated carbocycles. The van der Waals surface area contributed by atoms with Gasteiger partial charge in [-0.15, -0.1) is 0 Å². The van der Waals surface area contributed by atoms with Gasteiger partial charge in [0.05, 0.1) is 0 Å². The molecule has 0 fully saturated rings. The highest BCUT2D eigenvalue weighted by Gasteiger charge is 2.10. The van der Waals surface area contributed by atoms with Crippen LogP contribution in [0.1, 0.15) is 34.1 Å². The van der Waals surface area contributed by atoms with Crippen LogP contribution in [-0.4, -0.2) is 25.0 Å². The highest BCUT2D eigenvalue weighted by Crippen LogP contribution is 2.20. The van der Waals surface area contributed by atoms with Gasteiger partial charge < -0.3 is 16.0 Å². The molecular weight excluding hydrogens is 250 g/mol. The molecule has 112 valence electrons. The molecule has 0 aliphatic carbocycles. The van der Waals surface area contributed by atoms with Crippen LogP contribution in [-0.2, 0) is 4.79 Å². The summed E-state index contributed by atoms with van der Waals surface area (Å²) >= 11 is 0. The van der Waals surface area contributed by atoms with Gasteiger partial charge >= 0.3 is 0 Å². The maximum absolute atomic E-state index is 11.8. The quantitative estimate of drug-likeness (QED) is 0.805. The first-order valence-corrected chi connectivity index (χ1v) is 7.34. The summed E-state index contributed by atoms with van der Waals surface area (Å²) in [5.41, 5.74) is 7.54. The molecule has 0 radical (unpaired) electrons. The number of hydrogen-bond donors (Lipinski definition) is 2. The van der Waals surface area contributed by atoms with Crippen molar-refractivity contribution >= 4 is 17.3 Å². The minimum atomic E-state index is 0.0203. The molecule has 0 bridgehead atoms. The zero-order valence-electron chi connectivity index (χ0n) is 13.0. The molecule has 1 amide bonds. The van der Waals surface area contributed by atoms with Crippen LogP contribution in [0.25, 0.3) is 0 Å². The van der Waals surface area contributed by atoms with Gasteiger partial charge in [-0.05, 0) is 57.5 Å². The van der Waals surface area contributed by atoms with Gasteiger partial charge in [0.15, 0.2) is 0 Å². The van der Waals surface area contributed by atoms with E-state index in [1.807, 2.05) is 31.2 Å². The average molecular weight is 277 g/mol. The van der Waals surface area contributed by atoms with E-state index in [0.29, 0.717) is 19.0 Å². The lowest BCUT2D eigenvalue weighted by atomic mass is 10.1. The van der Waals surface area contributed by atoms with E-state index in [9.17, 15) is 4.79 Å². The minimum Gasteiger partial charge on any atom is -0.369 e. The van der Waals surface area contributed by atoms with Crippen molar-refractivity contribution in [3.05, 3.63) is 24.3 Å². The lowest BCUT2D eigenvalue weighted by molar-refractivity contribution is -0.116. The molecule has 0 aromatic heterocycles. The third kappa shape index (κ3) is 4.85. The Labute approximate surface area is 122 Å². The molecule has 1 rings (SSSR count). The van der Waals surface area contributed by atoms with Crippen molar-refractivity contribution in [2.45, 2.75) is 40.2 Å². The van der Waals surface area contributed by atoms with Crippen molar-refractivity contribution in [3.63, 3.8) is 0 Å². The van der Waals surface area contributed by atoms with E-state index in [4.69, 9.17) is 5.73 Å². The molecule has 4 heteroatoms. The largest absolute Gasteiger partial charge is 0.369 e. The van der Waals surface area contributed by atoms with Crippen LogP contribution in [0.15, 0.2) is 24.3 Å². The fourth-order valence-corrected chi connectivity index (χ4v) is 2.19. The molecular formula is C16H27N3O. The van der Waals surface area contributed by atoms with E-state index < -0.39 is 0 Å². The van der Waals surface area contributed by atoms with Crippen LogP contribution >= 0.6 is 0 Å². The summed E-state index contributed by atoms with van der Waals surface area (Å²) in [7, 11) is 0. The highest BCUT2D eigenvalue weighted by atomic mass is 16.1. The second-order valence-electron chi connectivity index (χ2n) is 5.52. The zero-order chi connectivity index (χ0) is 15.1. The number of benzene rings is 1. The molecule has 0 heterocycles. The van der Waals surface area contributed by atoms with Gasteiger partial charge in [-0.2, -0.15) is 0 Å². The van der Waals surface area contributed by atoms with Crippen LogP contribution in [0.3, 0.4) is 0 Å². The summed E-state index contributed by atoms with van der Waals surface area (Å²) < 4.78 is 0. The molecule has 0 saturated heterocycles. The Kier molecular flexibility index (Phi) is 6.52. The first-order chi connectivity index (χ1) is 9.47. The van der Waals surface area contributed by atoms with E-state index >= 15 is 0 Å². The van der Waals surface area contributed by atoms with Gasteiger partial charge in [0.25, 0.3) is 0 Å². The monoisotopic (exact) mass is 277 g/mol. The van der Waals surface area contributed by atoms with Crippen LogP contribution in [0.4, 0.5) is 11.4 Å². The van der Waals surface area contributed by atoms with Crippen molar-refractivity contribution < 1.29 is 4.79 Å². The Morgan fingerprint density at radius 2 is 1.85 bits per heavy atom. The summed E-state index contributed by atoms with van der Waals surface area (Å²) in [6.07, 6.45) is 0.464. The standard InChI is InChI=1S/C16H27N3O/c1-5-19(12(2)3)15-8-6-14(7-9-15)18-16(20)10-13(4)11-17/h6-9,12-13H,5,10-11,17H2,1-4H3,(H,18,20). The SMILES string of the molecule is CCN(c1ccc(NC(=O)CC(C)CN)cc1)C(C)C. The lowest BCUT2D eigenvalue weighted by Gasteiger charge is -2.27. The van der Waals surface area contributed by atoms with E-state index in [1.54, 1.807) is 0 Å². The molecule has 1 aromatic carbocycles. The number of anilines is 2. The second kappa shape index (κ2) is 7.90. The van der Waals surface area contributed by atoms with Gasteiger partial charge in [-0.25, -0.2) is 0 Å². The number of hydrogen-bond acceptors (Lipinski definition) is 3. The molecule has 20 heavy (non-hydrogen) atoms. The molecule has 0 spiro atoms. The van der Waals surface area contributed by atoms with Gasteiger partial charge in [0.2, 0.25) is 5.91 Å². The fraction of sp³-hybridized carbons (Fsp3) is 0.562. The number of nitrogens with zero attached hydrogens (tertiary/aromatic N) is 1. The number of rotatable bonds is 7. The van der Waals surface area contributed by atoms with Crippen LogP contribution in [0.5, 0.6) is 0 Å². The first kappa shape index (κ1) is 16.5. The predicted molar refractivity (Wildman–Crippen MR) is 86.1 cm³/mol. The molecule has 4 nitrogen and oxygen atoms in total. The topological polar surface area (TPSA) is 58.4 Å². The summed E-state index contributed by atoms with van der Waals surface area (Å²) in [5.74, 6) is 0.234. The Hall–Kier alpha value is -1.55. The van der Waals surface area contributed by atoms with Gasteiger partial charge in [0.1, 0.15) is 0 Å². The lowest BCUT2D eigenvalue weighted by Crippen LogP contribution is -2.30. The Bertz CT molecular complexity index is 414. The average Bonchev–Trinajstić information content (AvgIpc) is 2.40. The fourth-order valence-electron chi connectivity index (χ4n) is 2.19. The van der Waals surface area contributed by atoms with Gasteiger partial charge in [0, 0.05) is 30.4 Å². The third-order valence-corrected chi connectivity index (χ3v) is 3.38. The van der Waals surface area contributed by atoms with Gasteiger partial charge in [-0.1, -0.05) is 6.92 Å². The normalized spacial score (nSPS) is 12.3. The first-order valence-electron chi connectivity index (χ1n) is 7.34. The summed E-state index contributed by atoms with van der Waals surface area (Å²) in [6, 6.07) is 8.46. The second-order valence-corrected chi connectivity index (χ2v) is 5.52. The zero-order valence-corrected chi connectivity index (χ0v) is 13.0. The molecule has 1 aromatic rings. The highest BCUT2D eigenvalue weighted by molar-refractivity contribution is 5.91. The molecule has 0 aliphatic heterocycles. The van der Waals surface area contributed by atoms with E-state index in [1.165, 1.54) is 5.69 Å². The summed E-state index contributed by atoms with van der Waals surface area (Å²) in [4.78, 5) is 14.1. The summed E-state index contributed by atoms with van der Waals surface area (Å²) in [6.45, 7) is 9.97. The molecule has 1 atom stereocenters. The van der Waals surface area contributed by atoms with Crippen LogP contribution < -0.4 is 16.0 Å². The summed E-state index contributed by atoms with van der Waals surface area (Å²) in [5, 5.41) is 2.91. The van der Waals surface area contributed by atoms with Crippen LogP contribution in [0, 0.1) is 5.92 Å². The van der Waals surface area contributed by atoms with Gasteiger partial charge in [-0.3, -0.25) is 4.79 Å². The van der Waals surface area contributed by atoms with Crippen molar-refractivity contribution in [2.24, 2.45) is 11.7 Å². The van der Waals surface area contributed by atoms with Crippen molar-refractivity contribution in [2.75, 3.05) is 23.3 Å². The smallest absolute Gasteiger partial charge is 0.224 e. The molecule has 0 aliphatic rings. The van der Waals surface area contributed by atoms with E-state index in [-0.39, 0.29) is 11.8 Å². The Morgan fingerprint density at radius 1 is 1.25 bits per heavy atom. The number of nitrogens with one attached hydrogen (secondary N) is 1. The van der Waals surface area contributed by atoms with E-state index in [2.05, 4.69) is 31.0 Å².